The number of nitrogens with zero attached hydrogens (tertiary/aromatic N) is 1. The summed E-state index contributed by atoms with van der Waals surface area (Å²) in [7, 11) is 0. The molecule has 0 aromatic rings. The van der Waals surface area contributed by atoms with Crippen LogP contribution in [0.2, 0.25) is 0 Å². The Bertz CT molecular complexity index is 207. The Hall–Kier alpha value is -0.0800. The molecule has 2 saturated carbocycles. The molecule has 86 valence electrons. The Morgan fingerprint density at radius 1 is 0.933 bits per heavy atom. The van der Waals surface area contributed by atoms with Crippen LogP contribution >= 0.6 is 0 Å². The summed E-state index contributed by atoms with van der Waals surface area (Å²) in [4.78, 5) is 2.79. The zero-order valence-electron chi connectivity index (χ0n) is 9.75. The lowest BCUT2D eigenvalue weighted by atomic mass is 9.93. The molecule has 2 heteroatoms. The lowest BCUT2D eigenvalue weighted by Gasteiger charge is -2.40. The normalized spacial score (nSPS) is 35.6. The van der Waals surface area contributed by atoms with E-state index in [1.165, 1.54) is 64.6 Å². The maximum absolute atomic E-state index is 3.71. The number of hydrogen-bond acceptors (Lipinski definition) is 2. The van der Waals surface area contributed by atoms with Crippen LogP contribution in [0.3, 0.4) is 0 Å². The molecule has 0 bridgehead atoms. The number of nitrogens with one attached hydrogen (secondary N) is 1. The number of hydrogen-bond donors (Lipinski definition) is 1. The Kier molecular flexibility index (Phi) is 2.98. The van der Waals surface area contributed by atoms with Gasteiger partial charge in [-0.1, -0.05) is 19.3 Å². The topological polar surface area (TPSA) is 15.3 Å². The Morgan fingerprint density at radius 3 is 2.47 bits per heavy atom. The summed E-state index contributed by atoms with van der Waals surface area (Å²) in [5.41, 5.74) is 0. The Balaban J connectivity index is 1.55. The molecule has 0 radical (unpaired) electrons. The molecule has 1 unspecified atom stereocenters. The molecule has 1 atom stereocenters. The van der Waals surface area contributed by atoms with Gasteiger partial charge in [0.2, 0.25) is 0 Å². The summed E-state index contributed by atoms with van der Waals surface area (Å²) in [6.45, 7) is 3.88. The van der Waals surface area contributed by atoms with E-state index in [0.717, 1.165) is 18.0 Å². The third-order valence-corrected chi connectivity index (χ3v) is 4.52. The molecular weight excluding hydrogens is 184 g/mol. The number of rotatable bonds is 2. The molecule has 2 aliphatic carbocycles. The molecule has 3 aliphatic rings. The van der Waals surface area contributed by atoms with E-state index in [2.05, 4.69) is 10.2 Å². The van der Waals surface area contributed by atoms with Crippen molar-refractivity contribution in [2.45, 2.75) is 57.0 Å². The minimum absolute atomic E-state index is 0.834. The van der Waals surface area contributed by atoms with Gasteiger partial charge in [0, 0.05) is 31.7 Å². The summed E-state index contributed by atoms with van der Waals surface area (Å²) in [6.07, 6.45) is 10.3. The van der Waals surface area contributed by atoms with Crippen LogP contribution < -0.4 is 5.32 Å². The molecule has 3 rings (SSSR count). The van der Waals surface area contributed by atoms with Gasteiger partial charge in [0.25, 0.3) is 0 Å². The van der Waals surface area contributed by atoms with Gasteiger partial charge in [-0.25, -0.2) is 0 Å². The SMILES string of the molecule is C1CCC(N2CCNC(C3CC3)C2)CC1. The Morgan fingerprint density at radius 2 is 1.73 bits per heavy atom. The third-order valence-electron chi connectivity index (χ3n) is 4.52. The molecule has 1 heterocycles. The minimum Gasteiger partial charge on any atom is -0.311 e. The largest absolute Gasteiger partial charge is 0.311 e. The van der Waals surface area contributed by atoms with Gasteiger partial charge in [-0.3, -0.25) is 4.90 Å². The highest BCUT2D eigenvalue weighted by Crippen LogP contribution is 2.34. The van der Waals surface area contributed by atoms with Crippen molar-refractivity contribution >= 4 is 0 Å². The molecule has 3 fully saturated rings. The first-order valence-corrected chi connectivity index (χ1v) is 6.91. The van der Waals surface area contributed by atoms with Crippen molar-refractivity contribution < 1.29 is 0 Å². The fourth-order valence-electron chi connectivity index (χ4n) is 3.39. The van der Waals surface area contributed by atoms with E-state index in [-0.39, 0.29) is 0 Å². The maximum Gasteiger partial charge on any atom is 0.0223 e. The maximum atomic E-state index is 3.71. The molecule has 0 amide bonds. The quantitative estimate of drug-likeness (QED) is 0.747. The van der Waals surface area contributed by atoms with Gasteiger partial charge < -0.3 is 5.32 Å². The molecule has 0 aromatic carbocycles. The van der Waals surface area contributed by atoms with E-state index in [1.807, 2.05) is 0 Å². The van der Waals surface area contributed by atoms with Crippen molar-refractivity contribution in [1.82, 2.24) is 10.2 Å². The summed E-state index contributed by atoms with van der Waals surface area (Å²) < 4.78 is 0. The molecule has 1 aliphatic heterocycles. The first-order chi connectivity index (χ1) is 7.43. The Labute approximate surface area is 93.4 Å². The average molecular weight is 208 g/mol. The highest BCUT2D eigenvalue weighted by Gasteiger charge is 2.35. The van der Waals surface area contributed by atoms with E-state index in [4.69, 9.17) is 0 Å². The van der Waals surface area contributed by atoms with E-state index in [1.54, 1.807) is 0 Å². The molecule has 15 heavy (non-hydrogen) atoms. The fraction of sp³-hybridized carbons (Fsp3) is 1.00. The minimum atomic E-state index is 0.834. The number of piperazine rings is 1. The van der Waals surface area contributed by atoms with Gasteiger partial charge in [-0.2, -0.15) is 0 Å². The lowest BCUT2D eigenvalue weighted by Crippen LogP contribution is -2.55. The molecular formula is C13H24N2. The van der Waals surface area contributed by atoms with Gasteiger partial charge in [-0.15, -0.1) is 0 Å². The van der Waals surface area contributed by atoms with Gasteiger partial charge in [0.15, 0.2) is 0 Å². The van der Waals surface area contributed by atoms with E-state index in [0.29, 0.717) is 0 Å². The second-order valence-corrected chi connectivity index (χ2v) is 5.68. The molecule has 1 N–H and O–H groups in total. The van der Waals surface area contributed by atoms with Gasteiger partial charge in [-0.05, 0) is 31.6 Å². The van der Waals surface area contributed by atoms with Crippen LogP contribution in [-0.4, -0.2) is 36.6 Å². The van der Waals surface area contributed by atoms with Crippen molar-refractivity contribution in [1.29, 1.82) is 0 Å². The molecule has 0 spiro atoms. The second-order valence-electron chi connectivity index (χ2n) is 5.68. The van der Waals surface area contributed by atoms with Crippen LogP contribution in [0.15, 0.2) is 0 Å². The first kappa shape index (κ1) is 10.1. The van der Waals surface area contributed by atoms with E-state index in [9.17, 15) is 0 Å². The molecule has 0 aromatic heterocycles. The monoisotopic (exact) mass is 208 g/mol. The van der Waals surface area contributed by atoms with Crippen molar-refractivity contribution in [2.24, 2.45) is 5.92 Å². The standard InChI is InChI=1S/C13H24N2/c1-2-4-12(5-3-1)15-9-8-14-13(10-15)11-6-7-11/h11-14H,1-10H2. The lowest BCUT2D eigenvalue weighted by molar-refractivity contribution is 0.110. The highest BCUT2D eigenvalue weighted by molar-refractivity contribution is 4.93. The van der Waals surface area contributed by atoms with Crippen LogP contribution in [0.5, 0.6) is 0 Å². The van der Waals surface area contributed by atoms with Crippen LogP contribution in [0.1, 0.15) is 44.9 Å². The first-order valence-electron chi connectivity index (χ1n) is 6.91. The zero-order valence-corrected chi connectivity index (χ0v) is 9.75. The predicted octanol–water partition coefficient (Wildman–Crippen LogP) is 2.00. The highest BCUT2D eigenvalue weighted by atomic mass is 15.2. The van der Waals surface area contributed by atoms with Crippen LogP contribution in [0.4, 0.5) is 0 Å². The summed E-state index contributed by atoms with van der Waals surface area (Å²) in [5.74, 6) is 1.02. The van der Waals surface area contributed by atoms with Crippen molar-refractivity contribution in [3.8, 4) is 0 Å². The van der Waals surface area contributed by atoms with Gasteiger partial charge in [0.1, 0.15) is 0 Å². The molecule has 2 nitrogen and oxygen atoms in total. The van der Waals surface area contributed by atoms with E-state index >= 15 is 0 Å². The average Bonchev–Trinajstić information content (AvgIpc) is 3.14. The summed E-state index contributed by atoms with van der Waals surface area (Å²) in [6, 6.07) is 1.77. The van der Waals surface area contributed by atoms with Gasteiger partial charge >= 0.3 is 0 Å². The van der Waals surface area contributed by atoms with Crippen molar-refractivity contribution in [3.63, 3.8) is 0 Å². The van der Waals surface area contributed by atoms with Gasteiger partial charge in [0.05, 0.1) is 0 Å². The smallest absolute Gasteiger partial charge is 0.0223 e. The fourth-order valence-corrected chi connectivity index (χ4v) is 3.39. The predicted molar refractivity (Wildman–Crippen MR) is 63.0 cm³/mol. The molecule has 1 saturated heterocycles. The summed E-state index contributed by atoms with van der Waals surface area (Å²) >= 11 is 0. The van der Waals surface area contributed by atoms with Crippen LogP contribution in [0.25, 0.3) is 0 Å². The van der Waals surface area contributed by atoms with Crippen molar-refractivity contribution in [3.05, 3.63) is 0 Å². The van der Waals surface area contributed by atoms with Crippen LogP contribution in [0, 0.1) is 5.92 Å². The van der Waals surface area contributed by atoms with E-state index < -0.39 is 0 Å². The second kappa shape index (κ2) is 4.42. The summed E-state index contributed by atoms with van der Waals surface area (Å²) in [5, 5.41) is 3.71. The third kappa shape index (κ3) is 2.36. The van der Waals surface area contributed by atoms with Crippen LogP contribution in [-0.2, 0) is 0 Å². The van der Waals surface area contributed by atoms with Crippen molar-refractivity contribution in [2.75, 3.05) is 19.6 Å². The zero-order chi connectivity index (χ0) is 10.1.